The Morgan fingerprint density at radius 3 is 2.33 bits per heavy atom. The molecule has 1 aromatic carbocycles. The van der Waals surface area contributed by atoms with E-state index in [1.807, 2.05) is 7.05 Å². The van der Waals surface area contributed by atoms with E-state index < -0.39 is 0 Å². The van der Waals surface area contributed by atoms with Gasteiger partial charge in [-0.3, -0.25) is 5.43 Å². The largest absolute Gasteiger partial charge is 0.369 e. The minimum Gasteiger partial charge on any atom is -0.369 e. The SMILES string of the molecule is CNN1CCN(c2ccccc2C)CC1. The number of piperazine rings is 1. The van der Waals surface area contributed by atoms with Crippen molar-refractivity contribution >= 4 is 5.69 Å². The van der Waals surface area contributed by atoms with Gasteiger partial charge in [-0.2, -0.15) is 0 Å². The van der Waals surface area contributed by atoms with Crippen LogP contribution in [0.4, 0.5) is 5.69 Å². The van der Waals surface area contributed by atoms with Gasteiger partial charge < -0.3 is 4.90 Å². The molecular weight excluding hydrogens is 186 g/mol. The van der Waals surface area contributed by atoms with E-state index in [0.717, 1.165) is 26.2 Å². The fourth-order valence-corrected chi connectivity index (χ4v) is 2.09. The van der Waals surface area contributed by atoms with E-state index in [2.05, 4.69) is 46.5 Å². The monoisotopic (exact) mass is 205 g/mol. The molecule has 0 aromatic heterocycles. The molecule has 1 saturated heterocycles. The molecule has 2 rings (SSSR count). The number of benzene rings is 1. The van der Waals surface area contributed by atoms with Gasteiger partial charge >= 0.3 is 0 Å². The summed E-state index contributed by atoms with van der Waals surface area (Å²) in [7, 11) is 1.99. The van der Waals surface area contributed by atoms with Gasteiger partial charge in [0.2, 0.25) is 0 Å². The molecule has 0 aliphatic carbocycles. The van der Waals surface area contributed by atoms with Gasteiger partial charge in [0.05, 0.1) is 0 Å². The average Bonchev–Trinajstić information content (AvgIpc) is 2.30. The Morgan fingerprint density at radius 1 is 1.07 bits per heavy atom. The van der Waals surface area contributed by atoms with Crippen LogP contribution in [0, 0.1) is 6.92 Å². The average molecular weight is 205 g/mol. The number of hydrogen-bond donors (Lipinski definition) is 1. The molecule has 0 bridgehead atoms. The highest BCUT2D eigenvalue weighted by Gasteiger charge is 2.16. The number of para-hydroxylation sites is 1. The third-order valence-corrected chi connectivity index (χ3v) is 3.05. The molecule has 0 unspecified atom stereocenters. The van der Waals surface area contributed by atoms with Crippen LogP contribution in [0.1, 0.15) is 5.56 Å². The molecule has 15 heavy (non-hydrogen) atoms. The number of hydrazine groups is 1. The molecule has 0 spiro atoms. The lowest BCUT2D eigenvalue weighted by molar-refractivity contribution is 0.195. The summed E-state index contributed by atoms with van der Waals surface area (Å²) in [6, 6.07) is 8.61. The smallest absolute Gasteiger partial charge is 0.0396 e. The van der Waals surface area contributed by atoms with Crippen molar-refractivity contribution in [3.05, 3.63) is 29.8 Å². The molecule has 0 atom stereocenters. The summed E-state index contributed by atoms with van der Waals surface area (Å²) in [6.07, 6.45) is 0. The second kappa shape index (κ2) is 4.64. The maximum absolute atomic E-state index is 3.20. The highest BCUT2D eigenvalue weighted by molar-refractivity contribution is 5.53. The Balaban J connectivity index is 2.04. The highest BCUT2D eigenvalue weighted by atomic mass is 15.5. The van der Waals surface area contributed by atoms with Crippen LogP contribution >= 0.6 is 0 Å². The van der Waals surface area contributed by atoms with Crippen molar-refractivity contribution in [1.29, 1.82) is 0 Å². The van der Waals surface area contributed by atoms with E-state index >= 15 is 0 Å². The maximum atomic E-state index is 3.20. The van der Waals surface area contributed by atoms with Crippen molar-refractivity contribution in [2.45, 2.75) is 6.92 Å². The van der Waals surface area contributed by atoms with Crippen molar-refractivity contribution in [3.63, 3.8) is 0 Å². The second-order valence-electron chi connectivity index (χ2n) is 3.98. The van der Waals surface area contributed by atoms with Crippen LogP contribution in [0.5, 0.6) is 0 Å². The van der Waals surface area contributed by atoms with Gasteiger partial charge in [0, 0.05) is 31.9 Å². The first-order valence-corrected chi connectivity index (χ1v) is 5.54. The van der Waals surface area contributed by atoms with Crippen LogP contribution < -0.4 is 10.3 Å². The normalized spacial score (nSPS) is 18.1. The number of anilines is 1. The lowest BCUT2D eigenvalue weighted by Crippen LogP contribution is -2.51. The zero-order chi connectivity index (χ0) is 10.7. The topological polar surface area (TPSA) is 18.5 Å². The lowest BCUT2D eigenvalue weighted by atomic mass is 10.1. The first-order valence-electron chi connectivity index (χ1n) is 5.54. The third kappa shape index (κ3) is 2.30. The maximum Gasteiger partial charge on any atom is 0.0396 e. The molecule has 1 aliphatic heterocycles. The molecule has 0 amide bonds. The van der Waals surface area contributed by atoms with Crippen molar-refractivity contribution in [3.8, 4) is 0 Å². The third-order valence-electron chi connectivity index (χ3n) is 3.05. The Morgan fingerprint density at radius 2 is 1.73 bits per heavy atom. The van der Waals surface area contributed by atoms with E-state index in [9.17, 15) is 0 Å². The first-order chi connectivity index (χ1) is 7.31. The Hall–Kier alpha value is -1.06. The van der Waals surface area contributed by atoms with Gasteiger partial charge in [-0.05, 0) is 25.6 Å². The molecule has 0 radical (unpaired) electrons. The van der Waals surface area contributed by atoms with Crippen LogP contribution in [0.2, 0.25) is 0 Å². The summed E-state index contributed by atoms with van der Waals surface area (Å²) < 4.78 is 0. The predicted molar refractivity (Wildman–Crippen MR) is 64.0 cm³/mol. The quantitative estimate of drug-likeness (QED) is 0.784. The van der Waals surface area contributed by atoms with Gasteiger partial charge in [-0.1, -0.05) is 18.2 Å². The summed E-state index contributed by atoms with van der Waals surface area (Å²) in [5.41, 5.74) is 5.95. The number of rotatable bonds is 2. The van der Waals surface area contributed by atoms with Gasteiger partial charge in [-0.25, -0.2) is 5.01 Å². The van der Waals surface area contributed by atoms with Crippen LogP contribution in [0.25, 0.3) is 0 Å². The fourth-order valence-electron chi connectivity index (χ4n) is 2.09. The minimum absolute atomic E-state index is 1.09. The van der Waals surface area contributed by atoms with Gasteiger partial charge in [0.25, 0.3) is 0 Å². The zero-order valence-electron chi connectivity index (χ0n) is 9.53. The second-order valence-corrected chi connectivity index (χ2v) is 3.98. The van der Waals surface area contributed by atoms with Gasteiger partial charge in [0.1, 0.15) is 0 Å². The fraction of sp³-hybridized carbons (Fsp3) is 0.500. The number of hydrogen-bond acceptors (Lipinski definition) is 3. The van der Waals surface area contributed by atoms with Gasteiger partial charge in [-0.15, -0.1) is 0 Å². The molecular formula is C12H19N3. The van der Waals surface area contributed by atoms with E-state index in [1.165, 1.54) is 11.3 Å². The molecule has 82 valence electrons. The Kier molecular flexibility index (Phi) is 3.23. The Bertz CT molecular complexity index is 316. The van der Waals surface area contributed by atoms with E-state index in [4.69, 9.17) is 0 Å². The van der Waals surface area contributed by atoms with Gasteiger partial charge in [0.15, 0.2) is 0 Å². The predicted octanol–water partition coefficient (Wildman–Crippen LogP) is 1.25. The van der Waals surface area contributed by atoms with Crippen LogP contribution in [0.15, 0.2) is 24.3 Å². The molecule has 0 saturated carbocycles. The Labute approximate surface area is 91.7 Å². The molecule has 1 aliphatic rings. The first kappa shape index (κ1) is 10.5. The van der Waals surface area contributed by atoms with Crippen LogP contribution in [0.3, 0.4) is 0 Å². The van der Waals surface area contributed by atoms with E-state index in [0.29, 0.717) is 0 Å². The van der Waals surface area contributed by atoms with E-state index in [-0.39, 0.29) is 0 Å². The summed E-state index contributed by atoms with van der Waals surface area (Å²) in [5, 5.41) is 2.26. The summed E-state index contributed by atoms with van der Waals surface area (Å²) in [6.45, 7) is 6.56. The van der Waals surface area contributed by atoms with Crippen molar-refractivity contribution < 1.29 is 0 Å². The number of aryl methyl sites for hydroxylation is 1. The van der Waals surface area contributed by atoms with Crippen LogP contribution in [-0.4, -0.2) is 38.2 Å². The van der Waals surface area contributed by atoms with Crippen molar-refractivity contribution in [2.75, 3.05) is 38.1 Å². The molecule has 1 N–H and O–H groups in total. The van der Waals surface area contributed by atoms with Crippen LogP contribution in [-0.2, 0) is 0 Å². The zero-order valence-corrected chi connectivity index (χ0v) is 9.53. The number of nitrogens with zero attached hydrogens (tertiary/aromatic N) is 2. The highest BCUT2D eigenvalue weighted by Crippen LogP contribution is 2.20. The molecule has 3 nitrogen and oxygen atoms in total. The molecule has 3 heteroatoms. The van der Waals surface area contributed by atoms with Crippen molar-refractivity contribution in [2.24, 2.45) is 0 Å². The standard InChI is InChI=1S/C12H19N3/c1-11-5-3-4-6-12(11)14-7-9-15(13-2)10-8-14/h3-6,13H,7-10H2,1-2H3. The minimum atomic E-state index is 1.09. The lowest BCUT2D eigenvalue weighted by Gasteiger charge is -2.36. The molecule has 1 fully saturated rings. The summed E-state index contributed by atoms with van der Waals surface area (Å²) >= 11 is 0. The van der Waals surface area contributed by atoms with Crippen molar-refractivity contribution in [1.82, 2.24) is 10.4 Å². The molecule has 1 heterocycles. The van der Waals surface area contributed by atoms with E-state index in [1.54, 1.807) is 0 Å². The summed E-state index contributed by atoms with van der Waals surface area (Å²) in [5.74, 6) is 0. The molecule has 1 aromatic rings. The number of nitrogens with one attached hydrogen (secondary N) is 1. The summed E-state index contributed by atoms with van der Waals surface area (Å²) in [4.78, 5) is 2.46.